The second kappa shape index (κ2) is 5.09. The van der Waals surface area contributed by atoms with Crippen molar-refractivity contribution in [2.75, 3.05) is 13.6 Å². The Balaban J connectivity index is 1.25. The Labute approximate surface area is 144 Å². The van der Waals surface area contributed by atoms with Crippen molar-refractivity contribution in [3.63, 3.8) is 0 Å². The van der Waals surface area contributed by atoms with Crippen molar-refractivity contribution >= 4 is 5.91 Å². The molecule has 1 heterocycles. The molecule has 2 atom stereocenters. The highest BCUT2D eigenvalue weighted by atomic mass is 16.2. The Bertz CT molecular complexity index is 628. The van der Waals surface area contributed by atoms with E-state index >= 15 is 0 Å². The average molecular weight is 327 g/mol. The van der Waals surface area contributed by atoms with Crippen LogP contribution in [0.1, 0.15) is 56.4 Å². The van der Waals surface area contributed by atoms with E-state index in [1.54, 1.807) is 0 Å². The summed E-state index contributed by atoms with van der Waals surface area (Å²) in [4.78, 5) is 15.0. The molecule has 130 valence electrons. The van der Waals surface area contributed by atoms with E-state index in [1.807, 2.05) is 17.9 Å². The first kappa shape index (κ1) is 15.0. The fourth-order valence-electron chi connectivity index (χ4n) is 6.82. The van der Waals surface area contributed by atoms with Crippen LogP contribution in [0.3, 0.4) is 0 Å². The lowest BCUT2D eigenvalue weighted by Gasteiger charge is -2.57. The summed E-state index contributed by atoms with van der Waals surface area (Å²) in [6.07, 6.45) is 13.6. The second-order valence-corrected chi connectivity index (χ2v) is 9.51. The van der Waals surface area contributed by atoms with Crippen molar-refractivity contribution in [2.24, 2.45) is 36.1 Å². The first-order valence-electron chi connectivity index (χ1n) is 9.75. The van der Waals surface area contributed by atoms with Crippen LogP contribution in [0.25, 0.3) is 0 Å². The van der Waals surface area contributed by atoms with Crippen molar-refractivity contribution in [3.8, 4) is 0 Å². The van der Waals surface area contributed by atoms with E-state index in [0.29, 0.717) is 17.2 Å². The number of rotatable bonds is 4. The van der Waals surface area contributed by atoms with Crippen LogP contribution in [0.4, 0.5) is 0 Å². The predicted octanol–water partition coefficient (Wildman–Crippen LogP) is 3.20. The number of nitrogens with zero attached hydrogens (tertiary/aromatic N) is 3. The molecular weight excluding hydrogens is 298 g/mol. The van der Waals surface area contributed by atoms with Crippen molar-refractivity contribution in [2.45, 2.75) is 50.9 Å². The van der Waals surface area contributed by atoms with Gasteiger partial charge in [-0.1, -0.05) is 0 Å². The maximum atomic E-state index is 12.9. The van der Waals surface area contributed by atoms with E-state index in [9.17, 15) is 4.79 Å². The van der Waals surface area contributed by atoms with Crippen LogP contribution in [0.2, 0.25) is 0 Å². The third-order valence-corrected chi connectivity index (χ3v) is 7.37. The largest absolute Gasteiger partial charge is 0.345 e. The predicted molar refractivity (Wildman–Crippen MR) is 92.3 cm³/mol. The number of hydrogen-bond acceptors (Lipinski definition) is 2. The zero-order valence-corrected chi connectivity index (χ0v) is 14.9. The van der Waals surface area contributed by atoms with E-state index in [0.717, 1.165) is 30.7 Å². The molecule has 0 saturated heterocycles. The number of carbonyl (C=O) groups excluding carboxylic acids is 1. The van der Waals surface area contributed by atoms with Gasteiger partial charge in [-0.05, 0) is 79.6 Å². The number of aromatic nitrogens is 2. The minimum absolute atomic E-state index is 0.202. The molecule has 5 saturated carbocycles. The Hall–Kier alpha value is -1.32. The van der Waals surface area contributed by atoms with Gasteiger partial charge >= 0.3 is 0 Å². The van der Waals surface area contributed by atoms with Gasteiger partial charge in [-0.2, -0.15) is 5.10 Å². The summed E-state index contributed by atoms with van der Waals surface area (Å²) in [5.74, 6) is 3.87. The smallest absolute Gasteiger partial charge is 0.226 e. The molecule has 5 aliphatic rings. The zero-order chi connectivity index (χ0) is 16.5. The maximum absolute atomic E-state index is 12.9. The third-order valence-electron chi connectivity index (χ3n) is 7.37. The molecule has 24 heavy (non-hydrogen) atoms. The summed E-state index contributed by atoms with van der Waals surface area (Å²) in [6, 6.07) is 0. The van der Waals surface area contributed by atoms with E-state index in [4.69, 9.17) is 0 Å². The Morgan fingerprint density at radius 2 is 1.83 bits per heavy atom. The minimum atomic E-state index is 0.202. The van der Waals surface area contributed by atoms with Gasteiger partial charge in [0.05, 0.1) is 6.20 Å². The molecule has 5 aliphatic carbocycles. The summed E-state index contributed by atoms with van der Waals surface area (Å²) in [5.41, 5.74) is 1.69. The molecular formula is C20H29N3O. The monoisotopic (exact) mass is 327 g/mol. The van der Waals surface area contributed by atoms with Gasteiger partial charge in [-0.15, -0.1) is 0 Å². The van der Waals surface area contributed by atoms with Crippen LogP contribution in [0.15, 0.2) is 12.4 Å². The van der Waals surface area contributed by atoms with E-state index < -0.39 is 0 Å². The van der Waals surface area contributed by atoms with E-state index in [2.05, 4.69) is 23.2 Å². The van der Waals surface area contributed by atoms with Crippen LogP contribution in [0.5, 0.6) is 0 Å². The lowest BCUT2D eigenvalue weighted by atomic mass is 9.49. The van der Waals surface area contributed by atoms with Crippen LogP contribution in [0, 0.1) is 29.1 Å². The Morgan fingerprint density at radius 1 is 1.21 bits per heavy atom. The maximum Gasteiger partial charge on any atom is 0.226 e. The molecule has 0 aliphatic heterocycles. The SMILES string of the molecule is CN(CC12CC3CC(CC(C3)C1)C2)C(=O)[C@H]1C[C@@H]1c1cnn(C)c1. The molecule has 0 unspecified atom stereocenters. The number of carbonyl (C=O) groups is 1. The summed E-state index contributed by atoms with van der Waals surface area (Å²) < 4.78 is 1.84. The molecule has 0 N–H and O–H groups in total. The summed E-state index contributed by atoms with van der Waals surface area (Å²) in [6.45, 7) is 1.01. The lowest BCUT2D eigenvalue weighted by Crippen LogP contribution is -2.51. The molecule has 0 radical (unpaired) electrons. The molecule has 1 amide bonds. The van der Waals surface area contributed by atoms with Gasteiger partial charge in [-0.25, -0.2) is 0 Å². The summed E-state index contributed by atoms with van der Waals surface area (Å²) in [5, 5.41) is 4.26. The first-order valence-corrected chi connectivity index (χ1v) is 9.75. The Kier molecular flexibility index (Phi) is 3.18. The minimum Gasteiger partial charge on any atom is -0.345 e. The molecule has 4 heteroatoms. The van der Waals surface area contributed by atoms with Gasteiger partial charge in [0.25, 0.3) is 0 Å². The van der Waals surface area contributed by atoms with Crippen LogP contribution in [-0.4, -0.2) is 34.2 Å². The fourth-order valence-corrected chi connectivity index (χ4v) is 6.82. The van der Waals surface area contributed by atoms with Gasteiger partial charge < -0.3 is 4.90 Å². The number of hydrogen-bond donors (Lipinski definition) is 0. The highest BCUT2D eigenvalue weighted by Crippen LogP contribution is 2.60. The van der Waals surface area contributed by atoms with Gasteiger partial charge in [0.15, 0.2) is 0 Å². The summed E-state index contributed by atoms with van der Waals surface area (Å²) >= 11 is 0. The highest BCUT2D eigenvalue weighted by Gasteiger charge is 2.52. The van der Waals surface area contributed by atoms with E-state index in [1.165, 1.54) is 44.1 Å². The summed E-state index contributed by atoms with van der Waals surface area (Å²) in [7, 11) is 4.00. The van der Waals surface area contributed by atoms with Crippen molar-refractivity contribution < 1.29 is 4.79 Å². The molecule has 5 fully saturated rings. The number of aryl methyl sites for hydroxylation is 1. The van der Waals surface area contributed by atoms with Crippen LogP contribution >= 0.6 is 0 Å². The standard InChI is InChI=1S/C20H29N3O/c1-22(19(24)18-6-17(18)16-10-21-23(2)11-16)12-20-7-13-3-14(8-20)5-15(4-13)9-20/h10-11,13-15,17-18H,3-9,12H2,1-2H3/t13?,14?,15?,17-,18+,20?/m1/s1. The third kappa shape index (κ3) is 2.41. The van der Waals surface area contributed by atoms with Crippen molar-refractivity contribution in [1.82, 2.24) is 14.7 Å². The van der Waals surface area contributed by atoms with Crippen molar-refractivity contribution in [3.05, 3.63) is 18.0 Å². The average Bonchev–Trinajstić information content (AvgIpc) is 3.19. The Morgan fingerprint density at radius 3 is 2.38 bits per heavy atom. The van der Waals surface area contributed by atoms with E-state index in [-0.39, 0.29) is 5.92 Å². The molecule has 0 spiro atoms. The molecule has 1 aromatic rings. The van der Waals surface area contributed by atoms with Gasteiger partial charge in [0.2, 0.25) is 5.91 Å². The van der Waals surface area contributed by atoms with Crippen molar-refractivity contribution in [1.29, 1.82) is 0 Å². The first-order chi connectivity index (χ1) is 11.5. The fraction of sp³-hybridized carbons (Fsp3) is 0.800. The second-order valence-electron chi connectivity index (χ2n) is 9.51. The highest BCUT2D eigenvalue weighted by molar-refractivity contribution is 5.82. The van der Waals surface area contributed by atoms with Gasteiger partial charge in [0.1, 0.15) is 0 Å². The number of amides is 1. The lowest BCUT2D eigenvalue weighted by molar-refractivity contribution is -0.136. The van der Waals surface area contributed by atoms with Crippen LogP contribution in [-0.2, 0) is 11.8 Å². The van der Waals surface area contributed by atoms with Gasteiger partial charge in [-0.3, -0.25) is 9.48 Å². The topological polar surface area (TPSA) is 38.1 Å². The van der Waals surface area contributed by atoms with Crippen LogP contribution < -0.4 is 0 Å². The zero-order valence-electron chi connectivity index (χ0n) is 14.9. The quantitative estimate of drug-likeness (QED) is 0.852. The molecule has 1 aromatic heterocycles. The molecule has 4 nitrogen and oxygen atoms in total. The van der Waals surface area contributed by atoms with Gasteiger partial charge in [0, 0.05) is 32.8 Å². The molecule has 0 aromatic carbocycles. The normalized spacial score (nSPS) is 42.3. The molecule has 4 bridgehead atoms. The molecule has 6 rings (SSSR count).